The van der Waals surface area contributed by atoms with Crippen LogP contribution in [0.5, 0.6) is 5.75 Å². The van der Waals surface area contributed by atoms with Gasteiger partial charge in [0, 0.05) is 5.56 Å². The molecule has 0 radical (unpaired) electrons. The van der Waals surface area contributed by atoms with Crippen LogP contribution in [-0.4, -0.2) is 105 Å². The van der Waals surface area contributed by atoms with E-state index in [9.17, 15) is 9.59 Å². The maximum Gasteiger partial charge on any atom is 0.308 e. The average Bonchev–Trinajstić information content (AvgIpc) is 2.85. The highest BCUT2D eigenvalue weighted by Gasteiger charge is 2.00. The Kier molecular flexibility index (Phi) is 20.0. The van der Waals surface area contributed by atoms with Crippen LogP contribution in [0.1, 0.15) is 23.7 Å². The molecule has 1 aromatic carbocycles. The first-order valence-corrected chi connectivity index (χ1v) is 11.6. The van der Waals surface area contributed by atoms with Crippen LogP contribution in [0.2, 0.25) is 0 Å². The maximum absolute atomic E-state index is 11.1. The van der Waals surface area contributed by atoms with Crippen molar-refractivity contribution in [3.63, 3.8) is 0 Å². The minimum Gasteiger partial charge on any atom is -0.491 e. The van der Waals surface area contributed by atoms with E-state index in [1.165, 1.54) is 0 Å². The number of hydrogen-bond acceptors (Lipinski definition) is 10. The van der Waals surface area contributed by atoms with E-state index in [1.54, 1.807) is 31.2 Å². The molecule has 0 aliphatic rings. The minimum absolute atomic E-state index is 0.252. The van der Waals surface area contributed by atoms with Gasteiger partial charge in [-0.05, 0) is 31.2 Å². The third-order valence-electron chi connectivity index (χ3n) is 4.13. The second-order valence-electron chi connectivity index (χ2n) is 6.76. The lowest BCUT2D eigenvalue weighted by Crippen LogP contribution is -2.15. The smallest absolute Gasteiger partial charge is 0.308 e. The summed E-state index contributed by atoms with van der Waals surface area (Å²) in [4.78, 5) is 21.7. The lowest BCUT2D eigenvalue weighted by molar-refractivity contribution is -0.144. The average molecular weight is 487 g/mol. The predicted molar refractivity (Wildman–Crippen MR) is 123 cm³/mol. The summed E-state index contributed by atoms with van der Waals surface area (Å²) in [6, 6.07) is 6.91. The van der Waals surface area contributed by atoms with Crippen molar-refractivity contribution in [2.45, 2.75) is 13.3 Å². The number of ether oxygens (including phenoxy) is 8. The summed E-state index contributed by atoms with van der Waals surface area (Å²) in [7, 11) is 0. The normalized spacial score (nSPS) is 10.9. The molecule has 0 aliphatic heterocycles. The van der Waals surface area contributed by atoms with E-state index in [1.807, 2.05) is 0 Å². The summed E-state index contributed by atoms with van der Waals surface area (Å²) >= 11 is 0. The Bertz CT molecular complexity index is 608. The van der Waals surface area contributed by atoms with Gasteiger partial charge in [-0.2, -0.15) is 0 Å². The van der Waals surface area contributed by atoms with Crippen LogP contribution in [0.15, 0.2) is 24.3 Å². The quantitative estimate of drug-likeness (QED) is 0.122. The van der Waals surface area contributed by atoms with Crippen molar-refractivity contribution in [1.82, 2.24) is 0 Å². The molecule has 0 saturated heterocycles. The van der Waals surface area contributed by atoms with Gasteiger partial charge in [-0.25, -0.2) is 0 Å². The fourth-order valence-electron chi connectivity index (χ4n) is 2.45. The number of carbonyl (C=O) groups is 2. The van der Waals surface area contributed by atoms with Crippen molar-refractivity contribution in [2.24, 2.45) is 0 Å². The number of esters is 1. The third-order valence-corrected chi connectivity index (χ3v) is 4.13. The van der Waals surface area contributed by atoms with Gasteiger partial charge in [0.1, 0.15) is 18.6 Å². The van der Waals surface area contributed by atoms with E-state index in [4.69, 9.17) is 37.9 Å². The first-order valence-electron chi connectivity index (χ1n) is 11.6. The van der Waals surface area contributed by atoms with Crippen LogP contribution >= 0.6 is 0 Å². The molecular weight excluding hydrogens is 448 g/mol. The van der Waals surface area contributed by atoms with Gasteiger partial charge in [-0.3, -0.25) is 9.59 Å². The largest absolute Gasteiger partial charge is 0.491 e. The second kappa shape index (κ2) is 22.7. The Hall–Kier alpha value is -2.08. The van der Waals surface area contributed by atoms with Crippen molar-refractivity contribution in [3.05, 3.63) is 29.8 Å². The highest BCUT2D eigenvalue weighted by Crippen LogP contribution is 2.10. The molecule has 0 saturated carbocycles. The zero-order valence-corrected chi connectivity index (χ0v) is 20.1. The Labute approximate surface area is 201 Å². The molecule has 0 bridgehead atoms. The second-order valence-corrected chi connectivity index (χ2v) is 6.76. The van der Waals surface area contributed by atoms with Crippen LogP contribution in [0.3, 0.4) is 0 Å². The van der Waals surface area contributed by atoms with Gasteiger partial charge in [0.15, 0.2) is 0 Å². The van der Waals surface area contributed by atoms with Crippen molar-refractivity contribution in [1.29, 1.82) is 0 Å². The number of aldehydes is 1. The highest BCUT2D eigenvalue weighted by molar-refractivity contribution is 5.74. The van der Waals surface area contributed by atoms with Crippen LogP contribution in [0, 0.1) is 0 Å². The van der Waals surface area contributed by atoms with Gasteiger partial charge in [-0.1, -0.05) is 0 Å². The molecular formula is C24H38O10. The lowest BCUT2D eigenvalue weighted by atomic mass is 10.2. The van der Waals surface area contributed by atoms with Crippen LogP contribution in [-0.2, 0) is 38.0 Å². The highest BCUT2D eigenvalue weighted by atomic mass is 16.6. The molecule has 1 rings (SSSR count). The molecule has 0 aromatic heterocycles. The number of benzene rings is 1. The molecule has 0 amide bonds. The molecule has 0 spiro atoms. The van der Waals surface area contributed by atoms with E-state index in [0.717, 1.165) is 6.29 Å². The Balaban J connectivity index is 1.71. The first kappa shape index (κ1) is 30.0. The Morgan fingerprint density at radius 2 is 1.06 bits per heavy atom. The number of rotatable bonds is 24. The first-order chi connectivity index (χ1) is 16.8. The summed E-state index contributed by atoms with van der Waals surface area (Å²) in [5, 5.41) is 0. The van der Waals surface area contributed by atoms with E-state index in [0.29, 0.717) is 104 Å². The van der Waals surface area contributed by atoms with Gasteiger partial charge >= 0.3 is 5.97 Å². The zero-order valence-electron chi connectivity index (χ0n) is 20.1. The molecule has 0 atom stereocenters. The lowest BCUT2D eigenvalue weighted by Gasteiger charge is -2.09. The minimum atomic E-state index is -0.252. The summed E-state index contributed by atoms with van der Waals surface area (Å²) < 4.78 is 42.6. The maximum atomic E-state index is 11.1. The fourth-order valence-corrected chi connectivity index (χ4v) is 2.45. The van der Waals surface area contributed by atoms with Crippen molar-refractivity contribution in [2.75, 3.05) is 92.5 Å². The van der Waals surface area contributed by atoms with E-state index >= 15 is 0 Å². The number of hydrogen-bond donors (Lipinski definition) is 0. The van der Waals surface area contributed by atoms with Gasteiger partial charge in [0.05, 0.1) is 92.3 Å². The van der Waals surface area contributed by atoms with Crippen LogP contribution in [0.25, 0.3) is 0 Å². The molecule has 34 heavy (non-hydrogen) atoms. The fraction of sp³-hybridized carbons (Fsp3) is 0.667. The molecule has 10 nitrogen and oxygen atoms in total. The third kappa shape index (κ3) is 18.4. The van der Waals surface area contributed by atoms with Crippen molar-refractivity contribution >= 4 is 12.3 Å². The van der Waals surface area contributed by atoms with Gasteiger partial charge in [0.2, 0.25) is 0 Å². The van der Waals surface area contributed by atoms with Crippen LogP contribution < -0.4 is 4.74 Å². The molecule has 194 valence electrons. The summed E-state index contributed by atoms with van der Waals surface area (Å²) in [6.45, 7) is 8.13. The van der Waals surface area contributed by atoms with Gasteiger partial charge in [0.25, 0.3) is 0 Å². The molecule has 0 aliphatic carbocycles. The van der Waals surface area contributed by atoms with E-state index in [2.05, 4.69) is 0 Å². The Morgan fingerprint density at radius 3 is 1.47 bits per heavy atom. The Morgan fingerprint density at radius 1 is 0.647 bits per heavy atom. The summed E-state index contributed by atoms with van der Waals surface area (Å²) in [6.07, 6.45) is 1.05. The molecule has 1 aromatic rings. The van der Waals surface area contributed by atoms with E-state index < -0.39 is 0 Å². The summed E-state index contributed by atoms with van der Waals surface area (Å²) in [5.74, 6) is 0.450. The monoisotopic (exact) mass is 486 g/mol. The topological polar surface area (TPSA) is 108 Å². The molecule has 0 heterocycles. The van der Waals surface area contributed by atoms with Crippen molar-refractivity contribution < 1.29 is 47.5 Å². The summed E-state index contributed by atoms with van der Waals surface area (Å²) in [5.41, 5.74) is 0.617. The molecule has 0 N–H and O–H groups in total. The van der Waals surface area contributed by atoms with E-state index in [-0.39, 0.29) is 12.4 Å². The SMILES string of the molecule is CCOC(=O)CCOCCOCCOCCOCCOCCOCCOc1ccc(C=O)cc1. The van der Waals surface area contributed by atoms with Crippen molar-refractivity contribution in [3.8, 4) is 5.75 Å². The zero-order chi connectivity index (χ0) is 24.5. The predicted octanol–water partition coefficient (Wildman–Crippen LogP) is 1.93. The molecule has 0 fully saturated rings. The van der Waals surface area contributed by atoms with Crippen LogP contribution in [0.4, 0.5) is 0 Å². The van der Waals surface area contributed by atoms with Gasteiger partial charge < -0.3 is 37.9 Å². The molecule has 0 unspecified atom stereocenters. The number of carbonyl (C=O) groups excluding carboxylic acids is 2. The van der Waals surface area contributed by atoms with Gasteiger partial charge in [-0.15, -0.1) is 0 Å². The molecule has 10 heteroatoms. The standard InChI is InChI=1S/C24H38O10/c1-2-33-24(26)7-8-27-9-10-28-11-12-29-13-14-30-15-16-31-17-18-32-19-20-34-23-5-3-22(21-25)4-6-23/h3-6,21H,2,7-20H2,1H3.